The van der Waals surface area contributed by atoms with Gasteiger partial charge in [-0.15, -0.1) is 0 Å². The van der Waals surface area contributed by atoms with Gasteiger partial charge in [0.15, 0.2) is 0 Å². The standard InChI is InChI=1S/C28H35N9O5S/c1-18-14-35(9-10-36(18)25(39)28(17-29)7-8-28)22-12-20(43(40,41)33-27(2)5-6-27)11-21-23(22)31-26(32-42-4)37(24(21)38)16-19-13-30-34(3)15-19/h11-13,15,18,33H,5-10,14,16H2,1-4H3,(H,31,32)/t18-/m1/s1. The van der Waals surface area contributed by atoms with Crippen molar-refractivity contribution in [1.29, 1.82) is 5.26 Å². The summed E-state index contributed by atoms with van der Waals surface area (Å²) < 4.78 is 33.0. The number of hydrogen-bond acceptors (Lipinski definition) is 10. The molecule has 0 unspecified atom stereocenters. The summed E-state index contributed by atoms with van der Waals surface area (Å²) in [6.45, 7) is 4.96. The van der Waals surface area contributed by atoms with Crippen molar-refractivity contribution in [3.05, 3.63) is 40.4 Å². The van der Waals surface area contributed by atoms with Crippen LogP contribution in [-0.4, -0.2) is 76.9 Å². The average Bonchev–Trinajstić information content (AvgIpc) is 3.87. The molecule has 3 aromatic rings. The van der Waals surface area contributed by atoms with Crippen LogP contribution in [0.5, 0.6) is 0 Å². The maximum atomic E-state index is 14.1. The molecule has 0 bridgehead atoms. The molecule has 0 radical (unpaired) electrons. The Morgan fingerprint density at radius 1 is 1.23 bits per heavy atom. The Kier molecular flexibility index (Phi) is 6.98. The van der Waals surface area contributed by atoms with Gasteiger partial charge in [0, 0.05) is 50.0 Å². The number of fused-ring (bicyclic) bond motifs is 1. The SMILES string of the molecule is CONc1nc2c(N3CCN(C(=O)C4(C#N)CC4)[C@H](C)C3)cc(S(=O)(=O)NC3(C)CC3)cc2c(=O)n1Cc1cnn(C)c1. The minimum absolute atomic E-state index is 0.0324. The van der Waals surface area contributed by atoms with Gasteiger partial charge in [-0.3, -0.25) is 23.7 Å². The number of piperazine rings is 1. The van der Waals surface area contributed by atoms with Crippen molar-refractivity contribution in [3.63, 3.8) is 0 Å². The van der Waals surface area contributed by atoms with Gasteiger partial charge >= 0.3 is 0 Å². The summed E-state index contributed by atoms with van der Waals surface area (Å²) in [5, 5.41) is 13.9. The minimum Gasteiger partial charge on any atom is -0.366 e. The molecule has 0 spiro atoms. The minimum atomic E-state index is -3.97. The number of nitrogens with one attached hydrogen (secondary N) is 2. The Bertz CT molecular complexity index is 1820. The summed E-state index contributed by atoms with van der Waals surface area (Å²) >= 11 is 0. The Morgan fingerprint density at radius 3 is 2.56 bits per heavy atom. The van der Waals surface area contributed by atoms with Crippen molar-refractivity contribution in [2.45, 2.75) is 62.6 Å². The van der Waals surface area contributed by atoms with E-state index >= 15 is 0 Å². The smallest absolute Gasteiger partial charge is 0.263 e. The van der Waals surface area contributed by atoms with E-state index in [-0.39, 0.29) is 34.7 Å². The molecule has 1 amide bonds. The van der Waals surface area contributed by atoms with Crippen molar-refractivity contribution < 1.29 is 18.0 Å². The largest absolute Gasteiger partial charge is 0.366 e. The van der Waals surface area contributed by atoms with E-state index in [0.717, 1.165) is 18.4 Å². The zero-order chi connectivity index (χ0) is 30.7. The van der Waals surface area contributed by atoms with Crippen molar-refractivity contribution >= 4 is 38.5 Å². The number of carbonyl (C=O) groups is 1. The molecule has 3 aliphatic rings. The molecule has 2 aromatic heterocycles. The van der Waals surface area contributed by atoms with Crippen LogP contribution in [0.1, 0.15) is 45.1 Å². The molecule has 6 rings (SSSR count). The van der Waals surface area contributed by atoms with Gasteiger partial charge in [0.05, 0.1) is 41.9 Å². The van der Waals surface area contributed by atoms with Crippen molar-refractivity contribution in [3.8, 4) is 6.07 Å². The van der Waals surface area contributed by atoms with E-state index in [1.165, 1.54) is 17.7 Å². The van der Waals surface area contributed by atoms with Gasteiger partial charge in [-0.25, -0.2) is 23.6 Å². The van der Waals surface area contributed by atoms with Crippen LogP contribution in [-0.2, 0) is 33.2 Å². The molecule has 15 heteroatoms. The van der Waals surface area contributed by atoms with Crippen molar-refractivity contribution in [1.82, 2.24) is 29.0 Å². The first kappa shape index (κ1) is 29.1. The van der Waals surface area contributed by atoms with Crippen LogP contribution in [0.25, 0.3) is 10.9 Å². The van der Waals surface area contributed by atoms with Gasteiger partial charge in [0.25, 0.3) is 5.56 Å². The Hall–Kier alpha value is -4.00. The molecule has 228 valence electrons. The van der Waals surface area contributed by atoms with Gasteiger partial charge < -0.3 is 9.80 Å². The van der Waals surface area contributed by atoms with E-state index < -0.39 is 26.5 Å². The third-order valence-electron chi connectivity index (χ3n) is 8.60. The number of amides is 1. The lowest BCUT2D eigenvalue weighted by Gasteiger charge is -2.42. The van der Waals surface area contributed by atoms with Crippen LogP contribution in [0.2, 0.25) is 0 Å². The molecular formula is C28H35N9O5S. The molecule has 2 aliphatic carbocycles. The molecular weight excluding hydrogens is 574 g/mol. The zero-order valence-electron chi connectivity index (χ0n) is 24.6. The Labute approximate surface area is 249 Å². The van der Waals surface area contributed by atoms with E-state index in [1.54, 1.807) is 35.1 Å². The lowest BCUT2D eigenvalue weighted by atomic mass is 10.0. The van der Waals surface area contributed by atoms with Crippen LogP contribution in [0, 0.1) is 16.7 Å². The molecule has 2 N–H and O–H groups in total. The normalized spacial score (nSPS) is 20.6. The van der Waals surface area contributed by atoms with Crippen molar-refractivity contribution in [2.75, 3.05) is 37.1 Å². The predicted molar refractivity (Wildman–Crippen MR) is 158 cm³/mol. The van der Waals surface area contributed by atoms with E-state index in [0.29, 0.717) is 43.7 Å². The first-order chi connectivity index (χ1) is 20.4. The van der Waals surface area contributed by atoms with Gasteiger partial charge in [0.1, 0.15) is 10.9 Å². The molecule has 2 saturated carbocycles. The summed E-state index contributed by atoms with van der Waals surface area (Å²) in [5.74, 6) is -0.0101. The van der Waals surface area contributed by atoms with Crippen LogP contribution in [0.15, 0.2) is 34.2 Å². The highest BCUT2D eigenvalue weighted by Crippen LogP contribution is 2.47. The number of anilines is 2. The second-order valence-electron chi connectivity index (χ2n) is 12.1. The first-order valence-electron chi connectivity index (χ1n) is 14.2. The fraction of sp³-hybridized carbons (Fsp3) is 0.536. The predicted octanol–water partition coefficient (Wildman–Crippen LogP) is 1.32. The lowest BCUT2D eigenvalue weighted by Crippen LogP contribution is -2.55. The van der Waals surface area contributed by atoms with Gasteiger partial charge in [0.2, 0.25) is 21.9 Å². The fourth-order valence-electron chi connectivity index (χ4n) is 5.65. The second kappa shape index (κ2) is 10.3. The number of nitrogens with zero attached hydrogens (tertiary/aromatic N) is 7. The quantitative estimate of drug-likeness (QED) is 0.338. The summed E-state index contributed by atoms with van der Waals surface area (Å²) in [7, 11) is -0.786. The van der Waals surface area contributed by atoms with Gasteiger partial charge in [-0.2, -0.15) is 10.4 Å². The summed E-state index contributed by atoms with van der Waals surface area (Å²) in [6.07, 6.45) is 6.01. The maximum absolute atomic E-state index is 14.1. The van der Waals surface area contributed by atoms with Crippen LogP contribution >= 0.6 is 0 Å². The monoisotopic (exact) mass is 609 g/mol. The number of sulfonamides is 1. The number of benzene rings is 1. The average molecular weight is 610 g/mol. The number of hydrogen-bond donors (Lipinski definition) is 2. The third-order valence-corrected chi connectivity index (χ3v) is 10.2. The third kappa shape index (κ3) is 5.34. The van der Waals surface area contributed by atoms with E-state index in [4.69, 9.17) is 9.82 Å². The zero-order valence-corrected chi connectivity index (χ0v) is 25.4. The molecule has 3 fully saturated rings. The highest BCUT2D eigenvalue weighted by atomic mass is 32.2. The first-order valence-corrected chi connectivity index (χ1v) is 15.7. The number of rotatable bonds is 9. The summed E-state index contributed by atoms with van der Waals surface area (Å²) in [4.78, 5) is 40.8. The fourth-order valence-corrected chi connectivity index (χ4v) is 7.16. The number of carbonyl (C=O) groups excluding carboxylic acids is 1. The second-order valence-corrected chi connectivity index (χ2v) is 13.8. The topological polar surface area (TPSA) is 167 Å². The highest BCUT2D eigenvalue weighted by Gasteiger charge is 2.53. The van der Waals surface area contributed by atoms with E-state index in [1.807, 2.05) is 18.7 Å². The Morgan fingerprint density at radius 2 is 1.98 bits per heavy atom. The lowest BCUT2D eigenvalue weighted by molar-refractivity contribution is -0.137. The number of aromatic nitrogens is 4. The number of aryl methyl sites for hydroxylation is 1. The van der Waals surface area contributed by atoms with E-state index in [9.17, 15) is 23.3 Å². The van der Waals surface area contributed by atoms with Crippen LogP contribution in [0.3, 0.4) is 0 Å². The van der Waals surface area contributed by atoms with Gasteiger partial charge in [-0.1, -0.05) is 0 Å². The summed E-state index contributed by atoms with van der Waals surface area (Å²) in [5.41, 5.74) is 2.33. The molecule has 3 heterocycles. The summed E-state index contributed by atoms with van der Waals surface area (Å²) in [6, 6.07) is 4.86. The molecule has 1 aromatic carbocycles. The molecule has 1 atom stereocenters. The molecule has 43 heavy (non-hydrogen) atoms. The van der Waals surface area contributed by atoms with Gasteiger partial charge in [-0.05, 0) is 51.7 Å². The number of nitriles is 1. The Balaban J connectivity index is 1.46. The maximum Gasteiger partial charge on any atom is 0.263 e. The highest BCUT2D eigenvalue weighted by molar-refractivity contribution is 7.89. The van der Waals surface area contributed by atoms with Crippen molar-refractivity contribution in [2.24, 2.45) is 12.5 Å². The molecule has 1 aliphatic heterocycles. The van der Waals surface area contributed by atoms with Crippen LogP contribution in [0.4, 0.5) is 11.6 Å². The molecule has 14 nitrogen and oxygen atoms in total. The molecule has 1 saturated heterocycles. The van der Waals surface area contributed by atoms with Crippen LogP contribution < -0.4 is 20.7 Å². The van der Waals surface area contributed by atoms with E-state index in [2.05, 4.69) is 21.4 Å².